The van der Waals surface area contributed by atoms with Crippen molar-refractivity contribution in [2.75, 3.05) is 19.8 Å². The van der Waals surface area contributed by atoms with E-state index in [1.807, 2.05) is 54.6 Å². The van der Waals surface area contributed by atoms with Crippen LogP contribution in [0.4, 0.5) is 0 Å². The second-order valence-electron chi connectivity index (χ2n) is 5.94. The van der Waals surface area contributed by atoms with Crippen LogP contribution in [0, 0.1) is 0 Å². The van der Waals surface area contributed by atoms with Crippen molar-refractivity contribution in [3.63, 3.8) is 0 Å². The van der Waals surface area contributed by atoms with E-state index in [4.69, 9.17) is 14.2 Å². The number of hydrogen-bond donors (Lipinski definition) is 1. The molecule has 0 aliphatic carbocycles. The number of amides is 1. The first-order valence-corrected chi connectivity index (χ1v) is 8.58. The van der Waals surface area contributed by atoms with Crippen LogP contribution in [-0.4, -0.2) is 31.8 Å². The fourth-order valence-electron chi connectivity index (χ4n) is 2.58. The maximum atomic E-state index is 11.9. The second-order valence-corrected chi connectivity index (χ2v) is 5.94. The lowest BCUT2D eigenvalue weighted by Gasteiger charge is -2.26. The van der Waals surface area contributed by atoms with Crippen molar-refractivity contribution >= 4 is 5.91 Å². The lowest BCUT2D eigenvalue weighted by Crippen LogP contribution is -2.40. The molecule has 132 valence electrons. The molecule has 0 fully saturated rings. The Morgan fingerprint density at radius 2 is 1.84 bits per heavy atom. The number of nitrogens with one attached hydrogen (secondary N) is 1. The van der Waals surface area contributed by atoms with E-state index in [0.717, 1.165) is 17.1 Å². The number of hydrogen-bond acceptors (Lipinski definition) is 4. The molecule has 0 aromatic heterocycles. The quantitative estimate of drug-likeness (QED) is 0.750. The van der Waals surface area contributed by atoms with Crippen molar-refractivity contribution < 1.29 is 19.0 Å². The molecule has 1 heterocycles. The SMILES string of the molecule is O=C(CCCOCc1ccccc1)NC[C@@H]1COc2ccccc2O1. The molecule has 1 aliphatic heterocycles. The minimum atomic E-state index is -0.159. The van der Waals surface area contributed by atoms with Gasteiger partial charge in [0.05, 0.1) is 13.2 Å². The van der Waals surface area contributed by atoms with E-state index in [1.165, 1.54) is 0 Å². The molecule has 0 bridgehead atoms. The molecule has 0 spiro atoms. The van der Waals surface area contributed by atoms with Gasteiger partial charge in [-0.3, -0.25) is 4.79 Å². The Bertz CT molecular complexity index is 674. The number of carbonyl (C=O) groups excluding carboxylic acids is 1. The number of carbonyl (C=O) groups is 1. The monoisotopic (exact) mass is 341 g/mol. The minimum absolute atomic E-state index is 0.00534. The van der Waals surface area contributed by atoms with Crippen LogP contribution in [0.15, 0.2) is 54.6 Å². The smallest absolute Gasteiger partial charge is 0.220 e. The summed E-state index contributed by atoms with van der Waals surface area (Å²) in [5, 5.41) is 2.89. The molecule has 0 radical (unpaired) electrons. The van der Waals surface area contributed by atoms with Crippen molar-refractivity contribution in [2.24, 2.45) is 0 Å². The summed E-state index contributed by atoms with van der Waals surface area (Å²) in [6.45, 7) is 2.03. The third-order valence-corrected chi connectivity index (χ3v) is 3.90. The Labute approximate surface area is 147 Å². The Morgan fingerprint density at radius 3 is 2.68 bits per heavy atom. The number of para-hydroxylation sites is 2. The van der Waals surface area contributed by atoms with E-state index in [-0.39, 0.29) is 12.0 Å². The van der Waals surface area contributed by atoms with Crippen molar-refractivity contribution in [3.05, 3.63) is 60.2 Å². The molecule has 5 nitrogen and oxygen atoms in total. The molecule has 5 heteroatoms. The highest BCUT2D eigenvalue weighted by Crippen LogP contribution is 2.30. The van der Waals surface area contributed by atoms with Gasteiger partial charge >= 0.3 is 0 Å². The van der Waals surface area contributed by atoms with E-state index in [9.17, 15) is 4.79 Å². The van der Waals surface area contributed by atoms with Crippen LogP contribution in [-0.2, 0) is 16.1 Å². The molecule has 0 unspecified atom stereocenters. The first-order valence-electron chi connectivity index (χ1n) is 8.58. The molecule has 2 aromatic rings. The van der Waals surface area contributed by atoms with Crippen molar-refractivity contribution in [3.8, 4) is 11.5 Å². The van der Waals surface area contributed by atoms with Gasteiger partial charge in [-0.2, -0.15) is 0 Å². The predicted molar refractivity (Wildman–Crippen MR) is 94.7 cm³/mol. The lowest BCUT2D eigenvalue weighted by molar-refractivity contribution is -0.122. The molecule has 1 atom stereocenters. The highest BCUT2D eigenvalue weighted by atomic mass is 16.6. The topological polar surface area (TPSA) is 56.8 Å². The zero-order chi connectivity index (χ0) is 17.3. The summed E-state index contributed by atoms with van der Waals surface area (Å²) in [4.78, 5) is 11.9. The maximum Gasteiger partial charge on any atom is 0.220 e. The average Bonchev–Trinajstić information content (AvgIpc) is 2.67. The molecular weight excluding hydrogens is 318 g/mol. The van der Waals surface area contributed by atoms with Crippen LogP contribution >= 0.6 is 0 Å². The molecule has 25 heavy (non-hydrogen) atoms. The summed E-state index contributed by atoms with van der Waals surface area (Å²) in [6.07, 6.45) is 0.982. The summed E-state index contributed by atoms with van der Waals surface area (Å²) in [5.41, 5.74) is 1.14. The van der Waals surface area contributed by atoms with Crippen molar-refractivity contribution in [2.45, 2.75) is 25.6 Å². The largest absolute Gasteiger partial charge is 0.486 e. The highest BCUT2D eigenvalue weighted by molar-refractivity contribution is 5.75. The Morgan fingerprint density at radius 1 is 1.08 bits per heavy atom. The van der Waals surface area contributed by atoms with Gasteiger partial charge in [0, 0.05) is 13.0 Å². The zero-order valence-corrected chi connectivity index (χ0v) is 14.1. The van der Waals surface area contributed by atoms with Crippen molar-refractivity contribution in [1.82, 2.24) is 5.32 Å². The average molecular weight is 341 g/mol. The van der Waals surface area contributed by atoms with E-state index in [1.54, 1.807) is 0 Å². The van der Waals surface area contributed by atoms with Gasteiger partial charge < -0.3 is 19.5 Å². The Balaban J connectivity index is 1.27. The van der Waals surface area contributed by atoms with Gasteiger partial charge in [-0.1, -0.05) is 42.5 Å². The van der Waals surface area contributed by atoms with Gasteiger partial charge in [-0.25, -0.2) is 0 Å². The first kappa shape index (κ1) is 17.3. The Kier molecular flexibility index (Phi) is 6.29. The predicted octanol–water partition coefficient (Wildman–Crippen LogP) is 2.94. The summed E-state index contributed by atoms with van der Waals surface area (Å²) >= 11 is 0. The third-order valence-electron chi connectivity index (χ3n) is 3.90. The van der Waals surface area contributed by atoms with Gasteiger partial charge in [0.2, 0.25) is 5.91 Å². The van der Waals surface area contributed by atoms with Crippen LogP contribution in [0.25, 0.3) is 0 Å². The van der Waals surface area contributed by atoms with Crippen LogP contribution in [0.1, 0.15) is 18.4 Å². The number of rotatable bonds is 8. The summed E-state index contributed by atoms with van der Waals surface area (Å²) < 4.78 is 17.0. The number of ether oxygens (including phenoxy) is 3. The summed E-state index contributed by atoms with van der Waals surface area (Å²) in [7, 11) is 0. The third kappa shape index (κ3) is 5.50. The number of benzene rings is 2. The lowest BCUT2D eigenvalue weighted by atomic mass is 10.2. The summed E-state index contributed by atoms with van der Waals surface area (Å²) in [6, 6.07) is 17.6. The fraction of sp³-hybridized carbons (Fsp3) is 0.350. The van der Waals surface area contributed by atoms with E-state index >= 15 is 0 Å². The fourth-order valence-corrected chi connectivity index (χ4v) is 2.58. The standard InChI is InChI=1S/C20H23NO4/c22-20(11-6-12-23-14-16-7-2-1-3-8-16)21-13-17-15-24-18-9-4-5-10-19(18)25-17/h1-5,7-10,17H,6,11-15H2,(H,21,22)/t17-/m1/s1. The van der Waals surface area contributed by atoms with Gasteiger partial charge in [0.1, 0.15) is 12.7 Å². The van der Waals surface area contributed by atoms with Crippen LogP contribution in [0.2, 0.25) is 0 Å². The van der Waals surface area contributed by atoms with Crippen LogP contribution in [0.5, 0.6) is 11.5 Å². The molecule has 1 aliphatic rings. The van der Waals surface area contributed by atoms with Gasteiger partial charge in [0.25, 0.3) is 0 Å². The molecule has 2 aromatic carbocycles. The second kappa shape index (κ2) is 9.08. The van der Waals surface area contributed by atoms with E-state index < -0.39 is 0 Å². The number of fused-ring (bicyclic) bond motifs is 1. The molecule has 3 rings (SSSR count). The summed E-state index contributed by atoms with van der Waals surface area (Å²) in [5.74, 6) is 1.48. The van der Waals surface area contributed by atoms with E-state index in [0.29, 0.717) is 39.2 Å². The molecule has 1 amide bonds. The van der Waals surface area contributed by atoms with Gasteiger partial charge in [-0.05, 0) is 24.1 Å². The van der Waals surface area contributed by atoms with Gasteiger partial charge in [-0.15, -0.1) is 0 Å². The van der Waals surface area contributed by atoms with Crippen molar-refractivity contribution in [1.29, 1.82) is 0 Å². The van der Waals surface area contributed by atoms with Crippen LogP contribution < -0.4 is 14.8 Å². The highest BCUT2D eigenvalue weighted by Gasteiger charge is 2.20. The molecule has 1 N–H and O–H groups in total. The normalized spacial score (nSPS) is 15.6. The zero-order valence-electron chi connectivity index (χ0n) is 14.1. The Hall–Kier alpha value is -2.53. The minimum Gasteiger partial charge on any atom is -0.486 e. The van der Waals surface area contributed by atoms with Gasteiger partial charge in [0.15, 0.2) is 11.5 Å². The maximum absolute atomic E-state index is 11.9. The van der Waals surface area contributed by atoms with E-state index in [2.05, 4.69) is 5.32 Å². The molecular formula is C20H23NO4. The van der Waals surface area contributed by atoms with Crippen LogP contribution in [0.3, 0.4) is 0 Å². The first-order chi connectivity index (χ1) is 12.3. The molecule has 0 saturated heterocycles. The molecule has 0 saturated carbocycles.